The van der Waals surface area contributed by atoms with Gasteiger partial charge in [-0.05, 0) is 23.1 Å². The van der Waals surface area contributed by atoms with Crippen LogP contribution in [0.25, 0.3) is 11.1 Å². The maximum atomic E-state index is 10.6. The van der Waals surface area contributed by atoms with Crippen LogP contribution in [0.4, 0.5) is 0 Å². The summed E-state index contributed by atoms with van der Waals surface area (Å²) in [6.07, 6.45) is 3.89. The number of aliphatic imine (C=N–C) groups is 1. The number of hydrogen-bond donors (Lipinski definition) is 4. The van der Waals surface area contributed by atoms with Crippen molar-refractivity contribution in [3.8, 4) is 11.1 Å². The molecule has 1 aliphatic heterocycles. The Morgan fingerprint density at radius 2 is 1.93 bits per heavy atom. The van der Waals surface area contributed by atoms with Crippen LogP contribution in [-0.4, -0.2) is 24.5 Å². The molecule has 0 unspecified atom stereocenters. The van der Waals surface area contributed by atoms with Gasteiger partial charge in [0.05, 0.1) is 18.9 Å². The first kappa shape index (κ1) is 19.6. The largest absolute Gasteiger partial charge is 0.367 e. The van der Waals surface area contributed by atoms with Crippen LogP contribution in [0.1, 0.15) is 37.3 Å². The topological polar surface area (TPSA) is 89.9 Å². The number of benzene rings is 2. The fraction of sp³-hybridized carbons (Fsp3) is 0.286. The number of nitrogens with zero attached hydrogens (tertiary/aromatic N) is 2. The van der Waals surface area contributed by atoms with Gasteiger partial charge < -0.3 is 10.1 Å². The van der Waals surface area contributed by atoms with Gasteiger partial charge >= 0.3 is 0 Å². The molecule has 2 aromatic carbocycles. The van der Waals surface area contributed by atoms with Crippen LogP contribution in [0.3, 0.4) is 0 Å². The van der Waals surface area contributed by atoms with E-state index in [0.29, 0.717) is 13.1 Å². The lowest BCUT2D eigenvalue weighted by atomic mass is 9.98. The van der Waals surface area contributed by atoms with Crippen molar-refractivity contribution in [1.29, 1.82) is 0 Å². The van der Waals surface area contributed by atoms with E-state index in [2.05, 4.69) is 69.2 Å². The lowest BCUT2D eigenvalue weighted by Crippen LogP contribution is -2.35. The molecule has 28 heavy (non-hydrogen) atoms. The van der Waals surface area contributed by atoms with Gasteiger partial charge in [0.2, 0.25) is 0 Å². The van der Waals surface area contributed by atoms with Crippen LogP contribution in [-0.2, 0) is 11.3 Å². The van der Waals surface area contributed by atoms with Crippen LogP contribution in [0.2, 0.25) is 0 Å². The Morgan fingerprint density at radius 3 is 2.61 bits per heavy atom. The van der Waals surface area contributed by atoms with E-state index in [0.717, 1.165) is 59.5 Å². The molecule has 0 bridgehead atoms. The molecule has 0 aromatic heterocycles. The molecule has 0 spiro atoms. The van der Waals surface area contributed by atoms with E-state index in [4.69, 9.17) is 0 Å². The highest BCUT2D eigenvalue weighted by Gasteiger charge is 2.13. The summed E-state index contributed by atoms with van der Waals surface area (Å²) >= 11 is 0. The predicted octanol–water partition coefficient (Wildman–Crippen LogP) is 2.50. The molecule has 1 aliphatic rings. The zero-order valence-corrected chi connectivity index (χ0v) is 16.0. The van der Waals surface area contributed by atoms with Gasteiger partial charge in [0.15, 0.2) is 5.84 Å². The highest BCUT2D eigenvalue weighted by molar-refractivity contribution is 6.04. The van der Waals surface area contributed by atoms with Gasteiger partial charge in [-0.2, -0.15) is 0 Å². The van der Waals surface area contributed by atoms with E-state index in [1.807, 2.05) is 18.2 Å². The number of nitrogens with one attached hydrogen (secondary N) is 4. The van der Waals surface area contributed by atoms with Crippen molar-refractivity contribution in [2.45, 2.75) is 32.7 Å². The van der Waals surface area contributed by atoms with Gasteiger partial charge in [-0.25, -0.2) is 5.53 Å². The first-order chi connectivity index (χ1) is 13.8. The fourth-order valence-corrected chi connectivity index (χ4v) is 2.97. The summed E-state index contributed by atoms with van der Waals surface area (Å²) in [5, 5.41) is 7.30. The number of rotatable bonds is 9. The summed E-state index contributed by atoms with van der Waals surface area (Å²) in [5.41, 5.74) is 12.8. The van der Waals surface area contributed by atoms with Gasteiger partial charge in [0, 0.05) is 12.0 Å². The molecule has 0 saturated carbocycles. The monoisotopic (exact) mass is 378 g/mol. The Hall–Kier alpha value is -3.19. The molecule has 0 aliphatic carbocycles. The molecule has 146 valence electrons. The minimum Gasteiger partial charge on any atom is -0.367 e. The standard InChI is InChI=1S/C21H26N6O/c1-2-3-8-20(22-13-14-28)23-15-16-9-11-17(12-10-16)18-6-4-5-7-19(18)21-24-26-27-25-21/h4-7,9-12,14,26-27H,2-3,8,13,15H2,1H3,(H,22,23)(H,24,25). The molecule has 7 heteroatoms. The quantitative estimate of drug-likeness (QED) is 0.306. The van der Waals surface area contributed by atoms with Crippen LogP contribution in [0, 0.1) is 0 Å². The lowest BCUT2D eigenvalue weighted by Gasteiger charge is -2.10. The third kappa shape index (κ3) is 5.17. The van der Waals surface area contributed by atoms with E-state index in [-0.39, 0.29) is 0 Å². The molecule has 1 heterocycles. The molecular formula is C21H26N6O. The molecule has 0 amide bonds. The average molecular weight is 378 g/mol. The predicted molar refractivity (Wildman–Crippen MR) is 113 cm³/mol. The SMILES string of the molecule is CCCCC(=NCc1ccc(-c2ccccc2C2=NNNN2)cc1)NCC=O. The van der Waals surface area contributed by atoms with E-state index in [1.54, 1.807) is 0 Å². The number of carbonyl (C=O) groups is 1. The smallest absolute Gasteiger partial charge is 0.171 e. The van der Waals surface area contributed by atoms with Gasteiger partial charge in [0.25, 0.3) is 0 Å². The third-order valence-corrected chi connectivity index (χ3v) is 4.46. The minimum atomic E-state index is 0.305. The number of aldehydes is 1. The second-order valence-electron chi connectivity index (χ2n) is 6.48. The maximum Gasteiger partial charge on any atom is 0.171 e. The molecule has 0 radical (unpaired) electrons. The molecule has 4 N–H and O–H groups in total. The first-order valence-corrected chi connectivity index (χ1v) is 9.55. The number of hydrazone groups is 1. The molecule has 0 atom stereocenters. The molecule has 2 aromatic rings. The van der Waals surface area contributed by atoms with Crippen molar-refractivity contribution < 1.29 is 4.79 Å². The summed E-state index contributed by atoms with van der Waals surface area (Å²) < 4.78 is 0. The molecule has 0 fully saturated rings. The van der Waals surface area contributed by atoms with Crippen LogP contribution >= 0.6 is 0 Å². The van der Waals surface area contributed by atoms with Crippen molar-refractivity contribution in [2.75, 3.05) is 6.54 Å². The first-order valence-electron chi connectivity index (χ1n) is 9.55. The Bertz CT molecular complexity index is 844. The molecule has 3 rings (SSSR count). The highest BCUT2D eigenvalue weighted by atomic mass is 16.1. The normalized spacial score (nSPS) is 13.5. The fourth-order valence-electron chi connectivity index (χ4n) is 2.97. The molecule has 7 nitrogen and oxygen atoms in total. The second kappa shape index (κ2) is 10.2. The Kier molecular flexibility index (Phi) is 7.14. The van der Waals surface area contributed by atoms with Crippen LogP contribution in [0.15, 0.2) is 58.6 Å². The minimum absolute atomic E-state index is 0.305. The summed E-state index contributed by atoms with van der Waals surface area (Å²) in [6.45, 7) is 3.04. The summed E-state index contributed by atoms with van der Waals surface area (Å²) in [7, 11) is 0. The lowest BCUT2D eigenvalue weighted by molar-refractivity contribution is -0.106. The van der Waals surface area contributed by atoms with Crippen LogP contribution < -0.4 is 21.8 Å². The zero-order chi connectivity index (χ0) is 19.6. The number of amidine groups is 2. The van der Waals surface area contributed by atoms with E-state index in [1.165, 1.54) is 0 Å². The second-order valence-corrected chi connectivity index (χ2v) is 6.48. The highest BCUT2D eigenvalue weighted by Crippen LogP contribution is 2.24. The summed E-state index contributed by atoms with van der Waals surface area (Å²) in [5.74, 6) is 1.65. The maximum absolute atomic E-state index is 10.6. The Balaban J connectivity index is 1.73. The molecular weight excluding hydrogens is 352 g/mol. The molecule has 0 saturated heterocycles. The van der Waals surface area contributed by atoms with Gasteiger partial charge in [-0.15, -0.1) is 10.6 Å². The van der Waals surface area contributed by atoms with Gasteiger partial charge in [-0.3, -0.25) is 10.4 Å². The van der Waals surface area contributed by atoms with Crippen molar-refractivity contribution in [2.24, 2.45) is 10.1 Å². The Labute approximate surface area is 165 Å². The van der Waals surface area contributed by atoms with Gasteiger partial charge in [0.1, 0.15) is 6.29 Å². The van der Waals surface area contributed by atoms with E-state index in [9.17, 15) is 4.79 Å². The number of unbranched alkanes of at least 4 members (excludes halogenated alkanes) is 1. The number of hydrazine groups is 2. The Morgan fingerprint density at radius 1 is 1.14 bits per heavy atom. The van der Waals surface area contributed by atoms with Crippen molar-refractivity contribution >= 4 is 18.0 Å². The van der Waals surface area contributed by atoms with Crippen molar-refractivity contribution in [3.05, 3.63) is 59.7 Å². The zero-order valence-electron chi connectivity index (χ0n) is 16.0. The van der Waals surface area contributed by atoms with Crippen LogP contribution in [0.5, 0.6) is 0 Å². The van der Waals surface area contributed by atoms with E-state index < -0.39 is 0 Å². The summed E-state index contributed by atoms with van der Waals surface area (Å²) in [6, 6.07) is 16.5. The number of carbonyl (C=O) groups excluding carboxylic acids is 1. The third-order valence-electron chi connectivity index (χ3n) is 4.46. The van der Waals surface area contributed by atoms with Crippen molar-refractivity contribution in [1.82, 2.24) is 21.8 Å². The summed E-state index contributed by atoms with van der Waals surface area (Å²) in [4.78, 5) is 15.3. The van der Waals surface area contributed by atoms with E-state index >= 15 is 0 Å². The van der Waals surface area contributed by atoms with Crippen molar-refractivity contribution in [3.63, 3.8) is 0 Å². The average Bonchev–Trinajstić information content (AvgIpc) is 3.28. The van der Waals surface area contributed by atoms with Gasteiger partial charge in [-0.1, -0.05) is 61.9 Å². The number of hydrogen-bond acceptors (Lipinski definition) is 6.